The van der Waals surface area contributed by atoms with Gasteiger partial charge in [0.1, 0.15) is 26.4 Å². The van der Waals surface area contributed by atoms with Crippen LogP contribution in [0.3, 0.4) is 0 Å². The number of rotatable bonds is 6. The van der Waals surface area contributed by atoms with E-state index in [0.29, 0.717) is 129 Å². The average Bonchev–Trinajstić information content (AvgIpc) is 4.01. The van der Waals surface area contributed by atoms with Gasteiger partial charge in [0.15, 0.2) is 23.0 Å². The van der Waals surface area contributed by atoms with E-state index < -0.39 is 0 Å². The number of hydrogen-bond donors (Lipinski definition) is 0. The highest BCUT2D eigenvalue weighted by Gasteiger charge is 2.14. The molecular weight excluding hydrogens is 785 g/mol. The summed E-state index contributed by atoms with van der Waals surface area (Å²) in [5, 5.41) is 4.29. The van der Waals surface area contributed by atoms with Gasteiger partial charge in [0.2, 0.25) is 0 Å². The van der Waals surface area contributed by atoms with Gasteiger partial charge in [0, 0.05) is 9.75 Å². The lowest BCUT2D eigenvalue weighted by Crippen LogP contribution is -2.13. The molecule has 5 aromatic rings. The fraction of sp³-hybridized carbons (Fsp3) is 0.364. The molecule has 3 aromatic heterocycles. The molecule has 7 rings (SSSR count). The van der Waals surface area contributed by atoms with Crippen LogP contribution in [-0.2, 0) is 28.4 Å². The van der Waals surface area contributed by atoms with Crippen LogP contribution in [0.5, 0.6) is 23.0 Å². The van der Waals surface area contributed by atoms with Gasteiger partial charge in [-0.2, -0.15) is 0 Å². The minimum Gasteiger partial charge on any atom is -0.487 e. The highest BCUT2D eigenvalue weighted by Crippen LogP contribution is 2.42. The summed E-state index contributed by atoms with van der Waals surface area (Å²) < 4.78 is 57.7. The highest BCUT2D eigenvalue weighted by molar-refractivity contribution is 7.26. The average molecular weight is 833 g/mol. The third-order valence-electron chi connectivity index (χ3n) is 8.72. The van der Waals surface area contributed by atoms with Gasteiger partial charge < -0.3 is 47.4 Å². The summed E-state index contributed by atoms with van der Waals surface area (Å²) in [5.41, 5.74) is 4.36. The van der Waals surface area contributed by atoms with Gasteiger partial charge in [-0.05, 0) is 81.5 Å². The topological polar surface area (TPSA) is 92.3 Å². The van der Waals surface area contributed by atoms with Crippen molar-refractivity contribution >= 4 is 58.3 Å². The maximum absolute atomic E-state index is 6.09. The molecule has 2 aromatic carbocycles. The SMILES string of the molecule is C(=C/c1ccsc1-c1ccc(-c2sccc2/C=C/c2ccc3c(c2)OCCOCCOCCOCCO3)s1)/c1ccc2c(c1)OCCOCCOCCOCCO2. The fourth-order valence-electron chi connectivity index (χ4n) is 5.90. The molecule has 2 aliphatic heterocycles. The maximum atomic E-state index is 6.09. The predicted octanol–water partition coefficient (Wildman–Crippen LogP) is 9.19. The van der Waals surface area contributed by atoms with E-state index in [1.807, 2.05) is 47.7 Å². The minimum atomic E-state index is 0.416. The van der Waals surface area contributed by atoms with Crippen LogP contribution in [0.25, 0.3) is 43.8 Å². The number of ether oxygens (including phenoxy) is 10. The number of hydrogen-bond acceptors (Lipinski definition) is 13. The third-order valence-corrected chi connectivity index (χ3v) is 12.0. The normalized spacial score (nSPS) is 17.4. The number of thiophene rings is 3. The Morgan fingerprint density at radius 1 is 0.351 bits per heavy atom. The molecule has 5 heterocycles. The van der Waals surface area contributed by atoms with Crippen molar-refractivity contribution in [3.05, 3.63) is 93.7 Å². The molecule has 0 saturated carbocycles. The molecule has 0 aliphatic carbocycles. The molecule has 302 valence electrons. The second kappa shape index (κ2) is 22.8. The van der Waals surface area contributed by atoms with Crippen molar-refractivity contribution in [3.63, 3.8) is 0 Å². The van der Waals surface area contributed by atoms with Crippen LogP contribution in [0.2, 0.25) is 0 Å². The molecule has 57 heavy (non-hydrogen) atoms. The van der Waals surface area contributed by atoms with Gasteiger partial charge in [-0.3, -0.25) is 0 Å². The van der Waals surface area contributed by atoms with E-state index in [2.05, 4.69) is 59.3 Å². The molecule has 0 unspecified atom stereocenters. The van der Waals surface area contributed by atoms with Gasteiger partial charge in [-0.25, -0.2) is 0 Å². The Hall–Kier alpha value is -4.02. The highest BCUT2D eigenvalue weighted by atomic mass is 32.1. The number of fused-ring (bicyclic) bond motifs is 2. The Balaban J connectivity index is 1.01. The zero-order valence-corrected chi connectivity index (χ0v) is 34.3. The van der Waals surface area contributed by atoms with E-state index in [0.717, 1.165) is 22.3 Å². The Labute approximate surface area is 346 Å². The molecule has 0 amide bonds. The predicted molar refractivity (Wildman–Crippen MR) is 229 cm³/mol. The van der Waals surface area contributed by atoms with Crippen molar-refractivity contribution in [2.24, 2.45) is 0 Å². The minimum absolute atomic E-state index is 0.416. The van der Waals surface area contributed by atoms with Gasteiger partial charge >= 0.3 is 0 Å². The first-order valence-electron chi connectivity index (χ1n) is 19.2. The molecule has 13 heteroatoms. The van der Waals surface area contributed by atoms with Crippen molar-refractivity contribution in [1.29, 1.82) is 0 Å². The second-order valence-corrected chi connectivity index (χ2v) is 15.6. The fourth-order valence-corrected chi connectivity index (χ4v) is 8.99. The molecule has 0 N–H and O–H groups in total. The summed E-state index contributed by atoms with van der Waals surface area (Å²) in [5.74, 6) is 2.73. The Kier molecular flexibility index (Phi) is 16.5. The lowest BCUT2D eigenvalue weighted by molar-refractivity contribution is 0.00708. The third kappa shape index (κ3) is 12.7. The Bertz CT molecular complexity index is 1870. The molecule has 0 atom stereocenters. The standard InChI is InChI=1S/C44H48O10S3/c1(33-3-7-37-39(31-33)53-27-23-49-19-15-45-13-17-47-21-25-51-37)5-35-11-29-55-43(35)41-9-10-42(57-41)44-36(12-30-56-44)6-2-34-4-8-38-40(32-34)54-28-24-50-20-16-46-14-18-48-22-26-52-38/h1-12,29-32H,13-28H2/b5-1-,6-2+. The maximum Gasteiger partial charge on any atom is 0.161 e. The number of benzene rings is 2. The molecule has 0 saturated heterocycles. The van der Waals surface area contributed by atoms with E-state index in [-0.39, 0.29) is 0 Å². The van der Waals surface area contributed by atoms with Crippen LogP contribution in [0.15, 0.2) is 71.4 Å². The van der Waals surface area contributed by atoms with Gasteiger partial charge in [-0.15, -0.1) is 34.0 Å². The summed E-state index contributed by atoms with van der Waals surface area (Å²) in [6, 6.07) is 20.8. The summed E-state index contributed by atoms with van der Waals surface area (Å²) in [4.78, 5) is 4.93. The Morgan fingerprint density at radius 2 is 0.702 bits per heavy atom. The summed E-state index contributed by atoms with van der Waals surface area (Å²) in [6.45, 7) is 7.79. The van der Waals surface area contributed by atoms with E-state index in [4.69, 9.17) is 47.4 Å². The van der Waals surface area contributed by atoms with Crippen molar-refractivity contribution < 1.29 is 47.4 Å². The summed E-state index contributed by atoms with van der Waals surface area (Å²) in [6.07, 6.45) is 8.57. The smallest absolute Gasteiger partial charge is 0.161 e. The molecule has 0 fully saturated rings. The van der Waals surface area contributed by atoms with Gasteiger partial charge in [-0.1, -0.05) is 36.4 Å². The van der Waals surface area contributed by atoms with E-state index >= 15 is 0 Å². The molecule has 10 nitrogen and oxygen atoms in total. The van der Waals surface area contributed by atoms with Gasteiger partial charge in [0.05, 0.1) is 89.0 Å². The van der Waals surface area contributed by atoms with E-state index in [1.165, 1.54) is 19.5 Å². The van der Waals surface area contributed by atoms with Crippen LogP contribution in [-0.4, -0.2) is 106 Å². The van der Waals surface area contributed by atoms with Crippen LogP contribution >= 0.6 is 34.0 Å². The first-order valence-corrected chi connectivity index (χ1v) is 21.8. The summed E-state index contributed by atoms with van der Waals surface area (Å²) >= 11 is 5.31. The van der Waals surface area contributed by atoms with Crippen molar-refractivity contribution in [3.8, 4) is 42.5 Å². The monoisotopic (exact) mass is 832 g/mol. The Morgan fingerprint density at radius 3 is 1.09 bits per heavy atom. The molecule has 2 aliphatic rings. The first kappa shape index (κ1) is 41.2. The lowest BCUT2D eigenvalue weighted by atomic mass is 10.1. The zero-order chi connectivity index (χ0) is 38.7. The van der Waals surface area contributed by atoms with Crippen molar-refractivity contribution in [2.75, 3.05) is 106 Å². The van der Waals surface area contributed by atoms with Crippen LogP contribution in [0.1, 0.15) is 22.3 Å². The van der Waals surface area contributed by atoms with E-state index in [9.17, 15) is 0 Å². The van der Waals surface area contributed by atoms with Crippen molar-refractivity contribution in [2.45, 2.75) is 0 Å². The molecule has 0 radical (unpaired) electrons. The molecule has 0 bridgehead atoms. The first-order chi connectivity index (χ1) is 28.3. The molecule has 0 spiro atoms. The largest absolute Gasteiger partial charge is 0.487 e. The van der Waals surface area contributed by atoms with Crippen LogP contribution in [0.4, 0.5) is 0 Å². The lowest BCUT2D eigenvalue weighted by Gasteiger charge is -2.13. The van der Waals surface area contributed by atoms with Gasteiger partial charge in [0.25, 0.3) is 0 Å². The van der Waals surface area contributed by atoms with Crippen molar-refractivity contribution in [1.82, 2.24) is 0 Å². The zero-order valence-electron chi connectivity index (χ0n) is 31.9. The quantitative estimate of drug-likeness (QED) is 0.165. The van der Waals surface area contributed by atoms with Crippen LogP contribution < -0.4 is 18.9 Å². The second-order valence-electron chi connectivity index (χ2n) is 12.7. The molecular formula is C44H48O10S3. The van der Waals surface area contributed by atoms with E-state index in [1.54, 1.807) is 22.7 Å². The van der Waals surface area contributed by atoms with Crippen LogP contribution in [0, 0.1) is 0 Å². The summed E-state index contributed by atoms with van der Waals surface area (Å²) in [7, 11) is 0.